The molecule has 0 radical (unpaired) electrons. The number of halogens is 1. The molecule has 4 rings (SSSR count). The molecular formula is C17H14ClN. The van der Waals surface area contributed by atoms with Crippen LogP contribution in [0.5, 0.6) is 0 Å². The Morgan fingerprint density at radius 2 is 1.95 bits per heavy atom. The maximum absolute atomic E-state index is 6.22. The van der Waals surface area contributed by atoms with E-state index in [1.807, 2.05) is 12.1 Å². The Labute approximate surface area is 117 Å². The van der Waals surface area contributed by atoms with Gasteiger partial charge in [0.2, 0.25) is 0 Å². The SMILES string of the molecule is Clc1cccc2c1ccn2CC1Cc2ccccc21. The largest absolute Gasteiger partial charge is 0.347 e. The van der Waals surface area contributed by atoms with Crippen molar-refractivity contribution in [3.05, 3.63) is 70.9 Å². The van der Waals surface area contributed by atoms with Crippen molar-refractivity contribution in [1.29, 1.82) is 0 Å². The average molecular weight is 268 g/mol. The number of hydrogen-bond acceptors (Lipinski definition) is 0. The first-order chi connectivity index (χ1) is 9.33. The fraction of sp³-hybridized carbons (Fsp3) is 0.176. The Kier molecular flexibility index (Phi) is 2.42. The smallest absolute Gasteiger partial charge is 0.0499 e. The lowest BCUT2D eigenvalue weighted by atomic mass is 9.77. The van der Waals surface area contributed by atoms with Gasteiger partial charge in [-0.15, -0.1) is 0 Å². The Bertz CT molecular complexity index is 757. The first-order valence-electron chi connectivity index (χ1n) is 6.64. The fourth-order valence-electron chi connectivity index (χ4n) is 3.11. The summed E-state index contributed by atoms with van der Waals surface area (Å²) in [5.41, 5.74) is 4.24. The highest BCUT2D eigenvalue weighted by atomic mass is 35.5. The minimum Gasteiger partial charge on any atom is -0.347 e. The quantitative estimate of drug-likeness (QED) is 0.638. The molecule has 0 spiro atoms. The lowest BCUT2D eigenvalue weighted by Crippen LogP contribution is -2.21. The molecule has 0 fully saturated rings. The van der Waals surface area contributed by atoms with Crippen LogP contribution in [0.4, 0.5) is 0 Å². The van der Waals surface area contributed by atoms with Crippen LogP contribution in [0.25, 0.3) is 10.9 Å². The van der Waals surface area contributed by atoms with Crippen molar-refractivity contribution in [2.75, 3.05) is 0 Å². The van der Waals surface area contributed by atoms with Crippen molar-refractivity contribution in [1.82, 2.24) is 4.57 Å². The van der Waals surface area contributed by atoms with Crippen molar-refractivity contribution >= 4 is 22.5 Å². The van der Waals surface area contributed by atoms with Gasteiger partial charge in [0.1, 0.15) is 0 Å². The highest BCUT2D eigenvalue weighted by Crippen LogP contribution is 2.37. The van der Waals surface area contributed by atoms with Crippen LogP contribution in [-0.2, 0) is 13.0 Å². The van der Waals surface area contributed by atoms with Crippen LogP contribution in [0.3, 0.4) is 0 Å². The van der Waals surface area contributed by atoms with E-state index in [-0.39, 0.29) is 0 Å². The highest BCUT2D eigenvalue weighted by Gasteiger charge is 2.25. The van der Waals surface area contributed by atoms with E-state index in [1.165, 1.54) is 23.1 Å². The molecule has 2 aromatic carbocycles. The molecular weight excluding hydrogens is 254 g/mol. The molecule has 1 heterocycles. The summed E-state index contributed by atoms with van der Waals surface area (Å²) in [6.45, 7) is 1.04. The van der Waals surface area contributed by atoms with Gasteiger partial charge in [-0.25, -0.2) is 0 Å². The van der Waals surface area contributed by atoms with E-state index >= 15 is 0 Å². The Balaban J connectivity index is 1.69. The van der Waals surface area contributed by atoms with Crippen molar-refractivity contribution < 1.29 is 0 Å². The minimum absolute atomic E-state index is 0.644. The number of fused-ring (bicyclic) bond motifs is 2. The van der Waals surface area contributed by atoms with Crippen LogP contribution in [0.1, 0.15) is 17.0 Å². The second-order valence-electron chi connectivity index (χ2n) is 5.24. The normalized spacial score (nSPS) is 17.2. The third kappa shape index (κ3) is 1.69. The van der Waals surface area contributed by atoms with Crippen LogP contribution in [0.2, 0.25) is 5.02 Å². The molecule has 19 heavy (non-hydrogen) atoms. The zero-order valence-electron chi connectivity index (χ0n) is 10.5. The Hall–Kier alpha value is -1.73. The molecule has 94 valence electrons. The number of rotatable bonds is 2. The second kappa shape index (κ2) is 4.14. The molecule has 0 aliphatic heterocycles. The van der Waals surface area contributed by atoms with Gasteiger partial charge in [0.15, 0.2) is 0 Å². The van der Waals surface area contributed by atoms with Crippen LogP contribution in [-0.4, -0.2) is 4.57 Å². The first kappa shape index (κ1) is 11.1. The summed E-state index contributed by atoms with van der Waals surface area (Å²) < 4.78 is 2.32. The van der Waals surface area contributed by atoms with Crippen molar-refractivity contribution in [2.45, 2.75) is 18.9 Å². The molecule has 1 atom stereocenters. The predicted molar refractivity (Wildman–Crippen MR) is 79.8 cm³/mol. The molecule has 1 aromatic heterocycles. The van der Waals surface area contributed by atoms with E-state index in [2.05, 4.69) is 47.2 Å². The van der Waals surface area contributed by atoms with Crippen molar-refractivity contribution in [2.24, 2.45) is 0 Å². The van der Waals surface area contributed by atoms with Crippen LogP contribution in [0.15, 0.2) is 54.7 Å². The summed E-state index contributed by atoms with van der Waals surface area (Å²) in [4.78, 5) is 0. The van der Waals surface area contributed by atoms with E-state index in [0.29, 0.717) is 5.92 Å². The summed E-state index contributed by atoms with van der Waals surface area (Å²) in [6.07, 6.45) is 3.34. The zero-order chi connectivity index (χ0) is 12.8. The molecule has 1 unspecified atom stereocenters. The van der Waals surface area contributed by atoms with Crippen LogP contribution < -0.4 is 0 Å². The van der Waals surface area contributed by atoms with Gasteiger partial charge in [-0.2, -0.15) is 0 Å². The van der Waals surface area contributed by atoms with Gasteiger partial charge < -0.3 is 4.57 Å². The molecule has 0 amide bonds. The number of nitrogens with zero attached hydrogens (tertiary/aromatic N) is 1. The lowest BCUT2D eigenvalue weighted by Gasteiger charge is -2.30. The third-order valence-electron chi connectivity index (χ3n) is 4.14. The minimum atomic E-state index is 0.644. The Morgan fingerprint density at radius 1 is 1.05 bits per heavy atom. The summed E-state index contributed by atoms with van der Waals surface area (Å²) in [7, 11) is 0. The number of aromatic nitrogens is 1. The second-order valence-corrected chi connectivity index (χ2v) is 5.65. The van der Waals surface area contributed by atoms with E-state index < -0.39 is 0 Å². The van der Waals surface area contributed by atoms with Gasteiger partial charge in [0, 0.05) is 34.6 Å². The molecule has 2 heteroatoms. The molecule has 0 saturated carbocycles. The van der Waals surface area contributed by atoms with Gasteiger partial charge in [-0.05, 0) is 35.7 Å². The van der Waals surface area contributed by atoms with Crippen LogP contribution >= 0.6 is 11.6 Å². The predicted octanol–water partition coefficient (Wildman–Crippen LogP) is 4.63. The van der Waals surface area contributed by atoms with Crippen LogP contribution in [0, 0.1) is 0 Å². The van der Waals surface area contributed by atoms with E-state index in [9.17, 15) is 0 Å². The molecule has 0 N–H and O–H groups in total. The van der Waals surface area contributed by atoms with E-state index in [0.717, 1.165) is 17.0 Å². The standard InChI is InChI=1S/C17H14ClN/c18-16-6-3-7-17-15(16)8-9-19(17)11-13-10-12-4-1-2-5-14(12)13/h1-9,13H,10-11H2. The van der Waals surface area contributed by atoms with E-state index in [4.69, 9.17) is 11.6 Å². The van der Waals surface area contributed by atoms with Gasteiger partial charge in [-0.3, -0.25) is 0 Å². The maximum atomic E-state index is 6.22. The topological polar surface area (TPSA) is 4.93 Å². The zero-order valence-corrected chi connectivity index (χ0v) is 11.3. The molecule has 1 nitrogen and oxygen atoms in total. The fourth-order valence-corrected chi connectivity index (χ4v) is 3.34. The third-order valence-corrected chi connectivity index (χ3v) is 4.47. The highest BCUT2D eigenvalue weighted by molar-refractivity contribution is 6.35. The molecule has 1 aliphatic carbocycles. The summed E-state index contributed by atoms with van der Waals surface area (Å²) >= 11 is 6.22. The lowest BCUT2D eigenvalue weighted by molar-refractivity contribution is 0.519. The summed E-state index contributed by atoms with van der Waals surface area (Å²) in [6, 6.07) is 17.0. The summed E-state index contributed by atoms with van der Waals surface area (Å²) in [5.74, 6) is 0.644. The number of hydrogen-bond donors (Lipinski definition) is 0. The monoisotopic (exact) mass is 267 g/mol. The van der Waals surface area contributed by atoms with Gasteiger partial charge in [0.05, 0.1) is 0 Å². The van der Waals surface area contributed by atoms with Gasteiger partial charge in [0.25, 0.3) is 0 Å². The van der Waals surface area contributed by atoms with Gasteiger partial charge >= 0.3 is 0 Å². The maximum Gasteiger partial charge on any atom is 0.0499 e. The van der Waals surface area contributed by atoms with Gasteiger partial charge in [-0.1, -0.05) is 41.9 Å². The molecule has 1 aliphatic rings. The molecule has 0 saturated heterocycles. The summed E-state index contributed by atoms with van der Waals surface area (Å²) in [5, 5.41) is 1.99. The number of benzene rings is 2. The molecule has 3 aromatic rings. The van der Waals surface area contributed by atoms with Crippen molar-refractivity contribution in [3.63, 3.8) is 0 Å². The average Bonchev–Trinajstić information content (AvgIpc) is 2.81. The molecule has 0 bridgehead atoms. The Morgan fingerprint density at radius 3 is 2.84 bits per heavy atom. The van der Waals surface area contributed by atoms with Crippen molar-refractivity contribution in [3.8, 4) is 0 Å². The van der Waals surface area contributed by atoms with E-state index in [1.54, 1.807) is 0 Å². The first-order valence-corrected chi connectivity index (χ1v) is 7.02.